The highest BCUT2D eigenvalue weighted by Crippen LogP contribution is 2.28. The Morgan fingerprint density at radius 1 is 1.15 bits per heavy atom. The summed E-state index contributed by atoms with van der Waals surface area (Å²) in [4.78, 5) is 22.0. The molecule has 0 aliphatic rings. The van der Waals surface area contributed by atoms with Crippen LogP contribution in [0.4, 0.5) is 5.13 Å². The van der Waals surface area contributed by atoms with E-state index < -0.39 is 0 Å². The number of carbonyl (C=O) groups is 1. The summed E-state index contributed by atoms with van der Waals surface area (Å²) in [6.07, 6.45) is 0. The third-order valence-corrected chi connectivity index (χ3v) is 5.80. The summed E-state index contributed by atoms with van der Waals surface area (Å²) < 4.78 is 2.87. The minimum atomic E-state index is 0.0208. The lowest BCUT2D eigenvalue weighted by molar-refractivity contribution is -0.119. The third-order valence-electron chi connectivity index (χ3n) is 4.74. The van der Waals surface area contributed by atoms with Gasteiger partial charge in [0.1, 0.15) is 6.54 Å². The van der Waals surface area contributed by atoms with Gasteiger partial charge in [0.2, 0.25) is 0 Å². The monoisotopic (exact) mass is 385 g/mol. The molecule has 2 aromatic heterocycles. The van der Waals surface area contributed by atoms with Crippen LogP contribution >= 0.6 is 11.3 Å². The van der Waals surface area contributed by atoms with Gasteiger partial charge in [-0.25, -0.2) is 4.98 Å². The van der Waals surface area contributed by atoms with Crippen LogP contribution < -0.4 is 4.90 Å². The smallest absolute Gasteiger partial charge is 0.250 e. The number of benzene rings is 1. The van der Waals surface area contributed by atoms with Gasteiger partial charge in [0.15, 0.2) is 5.13 Å². The van der Waals surface area contributed by atoms with Crippen molar-refractivity contribution in [3.63, 3.8) is 0 Å². The van der Waals surface area contributed by atoms with E-state index >= 15 is 0 Å². The van der Waals surface area contributed by atoms with Gasteiger partial charge in [-0.15, -0.1) is 0 Å². The van der Waals surface area contributed by atoms with Crippen molar-refractivity contribution in [3.8, 4) is 0 Å². The number of carbonyl (C=O) groups excluding carboxylic acids is 1. The van der Waals surface area contributed by atoms with Crippen LogP contribution in [0.3, 0.4) is 0 Å². The summed E-state index contributed by atoms with van der Waals surface area (Å²) in [5.74, 6) is 0.0208. The highest BCUT2D eigenvalue weighted by molar-refractivity contribution is 7.22. The number of likely N-dealkylation sites (N-methyl/N-ethyl adjacent to an activating group) is 1. The van der Waals surface area contributed by atoms with Gasteiger partial charge in [-0.1, -0.05) is 37.3 Å². The van der Waals surface area contributed by atoms with Gasteiger partial charge < -0.3 is 4.90 Å². The lowest BCUT2D eigenvalue weighted by atomic mass is 10.3. The first-order valence-electron chi connectivity index (χ1n) is 9.41. The number of rotatable bonds is 8. The highest BCUT2D eigenvalue weighted by Gasteiger charge is 2.21. The molecule has 7 heteroatoms. The molecule has 0 bridgehead atoms. The average molecular weight is 386 g/mol. The molecule has 0 unspecified atom stereocenters. The molecular formula is C20H27N5OS. The van der Waals surface area contributed by atoms with Gasteiger partial charge in [-0.2, -0.15) is 5.10 Å². The Hall–Kier alpha value is -2.25. The van der Waals surface area contributed by atoms with E-state index in [0.29, 0.717) is 6.54 Å². The molecular weight excluding hydrogens is 358 g/mol. The van der Waals surface area contributed by atoms with Gasteiger partial charge in [-0.3, -0.25) is 14.4 Å². The number of nitrogens with zero attached hydrogens (tertiary/aromatic N) is 5. The molecule has 2 heterocycles. The average Bonchev–Trinajstić information content (AvgIpc) is 3.21. The van der Waals surface area contributed by atoms with E-state index in [2.05, 4.69) is 23.8 Å². The van der Waals surface area contributed by atoms with Gasteiger partial charge >= 0.3 is 0 Å². The van der Waals surface area contributed by atoms with E-state index in [1.807, 2.05) is 49.1 Å². The molecule has 3 rings (SSSR count). The van der Waals surface area contributed by atoms with E-state index in [-0.39, 0.29) is 12.5 Å². The van der Waals surface area contributed by atoms with E-state index in [1.165, 1.54) is 0 Å². The number of aromatic nitrogens is 3. The van der Waals surface area contributed by atoms with Crippen LogP contribution in [0.15, 0.2) is 30.3 Å². The molecule has 0 spiro atoms. The van der Waals surface area contributed by atoms with Crippen molar-refractivity contribution in [2.24, 2.45) is 0 Å². The van der Waals surface area contributed by atoms with Crippen molar-refractivity contribution in [1.29, 1.82) is 0 Å². The zero-order chi connectivity index (χ0) is 19.4. The molecule has 0 atom stereocenters. The maximum atomic E-state index is 13.2. The molecule has 0 aliphatic carbocycles. The number of hydrogen-bond donors (Lipinski definition) is 0. The summed E-state index contributed by atoms with van der Waals surface area (Å²) in [5.41, 5.74) is 2.85. The number of thiazole rings is 1. The van der Waals surface area contributed by atoms with Crippen molar-refractivity contribution in [3.05, 3.63) is 41.7 Å². The summed E-state index contributed by atoms with van der Waals surface area (Å²) in [7, 11) is 0. The third kappa shape index (κ3) is 4.54. The predicted octanol–water partition coefficient (Wildman–Crippen LogP) is 3.48. The first-order valence-corrected chi connectivity index (χ1v) is 10.2. The van der Waals surface area contributed by atoms with Gasteiger partial charge in [-0.05, 0) is 45.1 Å². The Labute approximate surface area is 164 Å². The molecule has 1 amide bonds. The Kier molecular flexibility index (Phi) is 6.23. The zero-order valence-electron chi connectivity index (χ0n) is 16.5. The number of para-hydroxylation sites is 1. The summed E-state index contributed by atoms with van der Waals surface area (Å²) in [6, 6.07) is 10.0. The second-order valence-corrected chi connectivity index (χ2v) is 7.63. The van der Waals surface area contributed by atoms with Crippen LogP contribution in [-0.4, -0.2) is 51.8 Å². The maximum absolute atomic E-state index is 13.2. The van der Waals surface area contributed by atoms with E-state index in [0.717, 1.165) is 46.4 Å². The van der Waals surface area contributed by atoms with Crippen molar-refractivity contribution >= 4 is 32.6 Å². The normalized spacial score (nSPS) is 11.4. The first kappa shape index (κ1) is 19.5. The molecule has 1 aromatic carbocycles. The number of amides is 1. The Balaban J connectivity index is 1.86. The SMILES string of the molecule is CCN(CC)CCN(C(=O)Cn1nc(C)cc1C)c1nc2ccccc2s1. The van der Waals surface area contributed by atoms with E-state index in [4.69, 9.17) is 4.98 Å². The van der Waals surface area contributed by atoms with Gasteiger partial charge in [0, 0.05) is 18.8 Å². The number of fused-ring (bicyclic) bond motifs is 1. The minimum absolute atomic E-state index is 0.0208. The molecule has 0 saturated heterocycles. The predicted molar refractivity (Wildman–Crippen MR) is 111 cm³/mol. The van der Waals surface area contributed by atoms with E-state index in [1.54, 1.807) is 16.0 Å². The molecule has 0 aliphatic heterocycles. The van der Waals surface area contributed by atoms with Gasteiger partial charge in [0.05, 0.1) is 15.9 Å². The van der Waals surface area contributed by atoms with Crippen LogP contribution in [0, 0.1) is 13.8 Å². The molecule has 0 N–H and O–H groups in total. The van der Waals surface area contributed by atoms with Crippen LogP contribution in [-0.2, 0) is 11.3 Å². The van der Waals surface area contributed by atoms with Crippen LogP contribution in [0.1, 0.15) is 25.2 Å². The number of anilines is 1. The fourth-order valence-corrected chi connectivity index (χ4v) is 4.14. The van der Waals surface area contributed by atoms with Crippen LogP contribution in [0.2, 0.25) is 0 Å². The summed E-state index contributed by atoms with van der Waals surface area (Å²) in [6.45, 7) is 11.8. The Bertz CT molecular complexity index is 879. The second kappa shape index (κ2) is 8.63. The molecule has 144 valence electrons. The minimum Gasteiger partial charge on any atom is -0.302 e. The topological polar surface area (TPSA) is 54.3 Å². The van der Waals surface area contributed by atoms with Crippen molar-refractivity contribution in [1.82, 2.24) is 19.7 Å². The fraction of sp³-hybridized carbons (Fsp3) is 0.450. The second-order valence-electron chi connectivity index (χ2n) is 6.62. The first-order chi connectivity index (χ1) is 13.0. The van der Waals surface area contributed by atoms with Crippen molar-refractivity contribution < 1.29 is 4.79 Å². The van der Waals surface area contributed by atoms with Gasteiger partial charge in [0.25, 0.3) is 5.91 Å². The summed E-state index contributed by atoms with van der Waals surface area (Å²) >= 11 is 1.57. The van der Waals surface area contributed by atoms with Crippen LogP contribution in [0.5, 0.6) is 0 Å². The largest absolute Gasteiger partial charge is 0.302 e. The molecule has 0 fully saturated rings. The molecule has 0 radical (unpaired) electrons. The van der Waals surface area contributed by atoms with Crippen molar-refractivity contribution in [2.75, 3.05) is 31.1 Å². The lowest BCUT2D eigenvalue weighted by Gasteiger charge is -2.24. The maximum Gasteiger partial charge on any atom is 0.250 e. The number of aryl methyl sites for hydroxylation is 2. The van der Waals surface area contributed by atoms with E-state index in [9.17, 15) is 4.79 Å². The molecule has 3 aromatic rings. The standard InChI is InChI=1S/C20H27N5OS/c1-5-23(6-2)11-12-24(19(26)14-25-16(4)13-15(3)22-25)20-21-17-9-7-8-10-18(17)27-20/h7-10,13H,5-6,11-12,14H2,1-4H3. The summed E-state index contributed by atoms with van der Waals surface area (Å²) in [5, 5.41) is 5.20. The highest BCUT2D eigenvalue weighted by atomic mass is 32.1. The lowest BCUT2D eigenvalue weighted by Crippen LogP contribution is -2.40. The Morgan fingerprint density at radius 2 is 1.89 bits per heavy atom. The molecule has 6 nitrogen and oxygen atoms in total. The van der Waals surface area contributed by atoms with Crippen molar-refractivity contribution in [2.45, 2.75) is 34.2 Å². The number of hydrogen-bond acceptors (Lipinski definition) is 5. The Morgan fingerprint density at radius 3 is 2.52 bits per heavy atom. The quantitative estimate of drug-likeness (QED) is 0.596. The van der Waals surface area contributed by atoms with Crippen LogP contribution in [0.25, 0.3) is 10.2 Å². The molecule has 27 heavy (non-hydrogen) atoms. The fourth-order valence-electron chi connectivity index (χ4n) is 3.13. The molecule has 0 saturated carbocycles. The zero-order valence-corrected chi connectivity index (χ0v) is 17.3.